The van der Waals surface area contributed by atoms with E-state index >= 15 is 0 Å². The number of fused-ring (bicyclic) bond motifs is 12. The summed E-state index contributed by atoms with van der Waals surface area (Å²) in [5.41, 5.74) is 11.7. The second-order valence-electron chi connectivity index (χ2n) is 13.4. The second kappa shape index (κ2) is 11.1. The molecule has 6 heteroatoms. The molecule has 1 aliphatic carbocycles. The number of rotatable bonds is 3. The fraction of sp³-hybridized carbons (Fsp3) is 0.0213. The van der Waals surface area contributed by atoms with Crippen LogP contribution in [-0.4, -0.2) is 19.5 Å². The smallest absolute Gasteiger partial charge is 0.156 e. The Morgan fingerprint density at radius 2 is 1.06 bits per heavy atom. The van der Waals surface area contributed by atoms with Crippen LogP contribution in [0.15, 0.2) is 164 Å². The van der Waals surface area contributed by atoms with Gasteiger partial charge in [0.15, 0.2) is 5.75 Å². The zero-order chi connectivity index (χ0) is 35.1. The number of hydrogen-bond donors (Lipinski definition) is 0. The highest BCUT2D eigenvalue weighted by molar-refractivity contribution is 6.09. The number of aromatic nitrogens is 4. The predicted molar refractivity (Wildman–Crippen MR) is 207 cm³/mol. The van der Waals surface area contributed by atoms with E-state index < -0.39 is 5.41 Å². The van der Waals surface area contributed by atoms with Gasteiger partial charge in [0.1, 0.15) is 11.8 Å². The molecule has 0 bridgehead atoms. The molecular formula is C47H27N5O. The second-order valence-corrected chi connectivity index (χ2v) is 13.4. The molecule has 4 aromatic heterocycles. The first kappa shape index (κ1) is 29.4. The molecular weight excluding hydrogens is 651 g/mol. The molecule has 0 amide bonds. The summed E-state index contributed by atoms with van der Waals surface area (Å²) >= 11 is 0. The van der Waals surface area contributed by atoms with Gasteiger partial charge in [-0.3, -0.25) is 15.0 Å². The molecule has 0 saturated heterocycles. The minimum atomic E-state index is -0.813. The number of hydrogen-bond acceptors (Lipinski definition) is 5. The van der Waals surface area contributed by atoms with Crippen molar-refractivity contribution in [2.45, 2.75) is 5.41 Å². The van der Waals surface area contributed by atoms with E-state index in [4.69, 9.17) is 14.7 Å². The highest BCUT2D eigenvalue weighted by atomic mass is 16.5. The fourth-order valence-corrected chi connectivity index (χ4v) is 8.84. The van der Waals surface area contributed by atoms with E-state index in [2.05, 4.69) is 113 Å². The Bertz CT molecular complexity index is 2910. The van der Waals surface area contributed by atoms with E-state index in [0.717, 1.165) is 78.5 Å². The van der Waals surface area contributed by atoms with Crippen molar-refractivity contribution in [2.24, 2.45) is 0 Å². The molecule has 6 nitrogen and oxygen atoms in total. The maximum atomic E-state index is 10.8. The third-order valence-corrected chi connectivity index (χ3v) is 10.9. The van der Waals surface area contributed by atoms with Gasteiger partial charge in [-0.2, -0.15) is 5.26 Å². The number of nitriles is 1. The molecule has 11 rings (SSSR count). The summed E-state index contributed by atoms with van der Waals surface area (Å²) in [7, 11) is 0. The summed E-state index contributed by atoms with van der Waals surface area (Å²) in [6, 6.07) is 52.4. The molecule has 53 heavy (non-hydrogen) atoms. The summed E-state index contributed by atoms with van der Waals surface area (Å²) in [5.74, 6) is 1.43. The van der Waals surface area contributed by atoms with Gasteiger partial charge in [0.05, 0.1) is 44.8 Å². The maximum Gasteiger partial charge on any atom is 0.156 e. The lowest BCUT2D eigenvalue weighted by Gasteiger charge is -2.40. The first-order chi connectivity index (χ1) is 26.3. The lowest BCUT2D eigenvalue weighted by molar-refractivity contribution is 0.436. The lowest BCUT2D eigenvalue weighted by atomic mass is 9.65. The first-order valence-corrected chi connectivity index (χ1v) is 17.6. The van der Waals surface area contributed by atoms with Crippen molar-refractivity contribution in [1.29, 1.82) is 5.26 Å². The monoisotopic (exact) mass is 677 g/mol. The van der Waals surface area contributed by atoms with Crippen LogP contribution in [0.25, 0.3) is 61.3 Å². The van der Waals surface area contributed by atoms with Crippen molar-refractivity contribution < 1.29 is 4.74 Å². The minimum Gasteiger partial charge on any atom is -0.454 e. The van der Waals surface area contributed by atoms with Crippen molar-refractivity contribution in [3.8, 4) is 57.0 Å². The Balaban J connectivity index is 1.28. The average Bonchev–Trinajstić information content (AvgIpc) is 3.72. The molecule has 5 heterocycles. The van der Waals surface area contributed by atoms with E-state index in [0.29, 0.717) is 11.3 Å². The van der Waals surface area contributed by atoms with Crippen molar-refractivity contribution in [2.75, 3.05) is 0 Å². The molecule has 246 valence electrons. The Hall–Kier alpha value is -7.36. The Kier molecular flexibility index (Phi) is 6.14. The Labute approximate surface area is 304 Å². The summed E-state index contributed by atoms with van der Waals surface area (Å²) in [5, 5.41) is 13.1. The third-order valence-electron chi connectivity index (χ3n) is 10.9. The van der Waals surface area contributed by atoms with Gasteiger partial charge in [0.2, 0.25) is 0 Å². The van der Waals surface area contributed by atoms with E-state index in [-0.39, 0.29) is 0 Å². The molecule has 0 unspecified atom stereocenters. The van der Waals surface area contributed by atoms with Crippen LogP contribution in [0.5, 0.6) is 11.5 Å². The molecule has 0 N–H and O–H groups in total. The quantitative estimate of drug-likeness (QED) is 0.186. The zero-order valence-electron chi connectivity index (χ0n) is 28.2. The highest BCUT2D eigenvalue weighted by Crippen LogP contribution is 2.63. The number of nitrogens with zero attached hydrogens (tertiary/aromatic N) is 5. The van der Waals surface area contributed by atoms with Gasteiger partial charge in [0.25, 0.3) is 0 Å². The molecule has 9 aromatic rings. The lowest BCUT2D eigenvalue weighted by Crippen LogP contribution is -2.33. The summed E-state index contributed by atoms with van der Waals surface area (Å²) < 4.78 is 9.71. The SMILES string of the molecule is N#Cc1c(-c2ccccn2)cccc1-c1cccc2c1Oc1c(-n3c4ccccc4c4ccccc43)cccc1C21c2cccnc2-c2ncccc21. The minimum absolute atomic E-state index is 0.536. The standard InChI is InChI=1S/C47H27N5O/c48-28-34-29(14-7-15-30(34)39-21-5-6-25-49-39)33-16-8-17-37-45(33)53-46-38(47(37)35-19-10-26-50-43(35)44-36(47)20-11-27-51-44)18-9-24-42(46)52-40-22-3-1-12-31(40)32-13-2-4-23-41(32)52/h1-27H. The zero-order valence-corrected chi connectivity index (χ0v) is 28.2. The predicted octanol–water partition coefficient (Wildman–Crippen LogP) is 10.6. The van der Waals surface area contributed by atoms with Gasteiger partial charge in [-0.15, -0.1) is 0 Å². The molecule has 2 aliphatic rings. The van der Waals surface area contributed by atoms with Crippen LogP contribution in [0.3, 0.4) is 0 Å². The number of para-hydroxylation sites is 4. The summed E-state index contributed by atoms with van der Waals surface area (Å²) in [6.45, 7) is 0. The number of benzene rings is 5. The van der Waals surface area contributed by atoms with E-state index in [1.54, 1.807) is 6.20 Å². The molecule has 0 atom stereocenters. The van der Waals surface area contributed by atoms with Crippen LogP contribution in [-0.2, 0) is 5.41 Å². The van der Waals surface area contributed by atoms with Gasteiger partial charge in [0, 0.05) is 57.2 Å². The van der Waals surface area contributed by atoms with Crippen LogP contribution in [0.4, 0.5) is 0 Å². The Morgan fingerprint density at radius 1 is 0.491 bits per heavy atom. The molecule has 1 aliphatic heterocycles. The van der Waals surface area contributed by atoms with Crippen LogP contribution >= 0.6 is 0 Å². The van der Waals surface area contributed by atoms with E-state index in [1.165, 1.54) is 10.8 Å². The van der Waals surface area contributed by atoms with E-state index in [9.17, 15) is 5.26 Å². The first-order valence-electron chi connectivity index (χ1n) is 17.6. The maximum absolute atomic E-state index is 10.8. The molecule has 0 fully saturated rings. The van der Waals surface area contributed by atoms with Gasteiger partial charge in [-0.1, -0.05) is 103 Å². The highest BCUT2D eigenvalue weighted by Gasteiger charge is 2.53. The van der Waals surface area contributed by atoms with Crippen molar-refractivity contribution in [3.05, 3.63) is 192 Å². The normalized spacial score (nSPS) is 13.2. The summed E-state index contributed by atoms with van der Waals surface area (Å²) in [6.07, 6.45) is 5.43. The Morgan fingerprint density at radius 3 is 1.74 bits per heavy atom. The average molecular weight is 678 g/mol. The van der Waals surface area contributed by atoms with Crippen LogP contribution in [0, 0.1) is 11.3 Å². The van der Waals surface area contributed by atoms with Crippen LogP contribution < -0.4 is 4.74 Å². The van der Waals surface area contributed by atoms with Gasteiger partial charge >= 0.3 is 0 Å². The van der Waals surface area contributed by atoms with Gasteiger partial charge in [-0.05, 0) is 53.6 Å². The van der Waals surface area contributed by atoms with Crippen LogP contribution in [0.2, 0.25) is 0 Å². The summed E-state index contributed by atoms with van der Waals surface area (Å²) in [4.78, 5) is 14.5. The number of ether oxygens (including phenoxy) is 1. The van der Waals surface area contributed by atoms with Crippen molar-refractivity contribution in [3.63, 3.8) is 0 Å². The molecule has 0 saturated carbocycles. The van der Waals surface area contributed by atoms with Crippen molar-refractivity contribution in [1.82, 2.24) is 19.5 Å². The molecule has 5 aromatic carbocycles. The van der Waals surface area contributed by atoms with Crippen LogP contribution in [0.1, 0.15) is 27.8 Å². The van der Waals surface area contributed by atoms with Crippen molar-refractivity contribution >= 4 is 21.8 Å². The van der Waals surface area contributed by atoms with E-state index in [1.807, 2.05) is 60.9 Å². The van der Waals surface area contributed by atoms with Gasteiger partial charge in [-0.25, -0.2) is 0 Å². The largest absolute Gasteiger partial charge is 0.454 e. The fourth-order valence-electron chi connectivity index (χ4n) is 8.84. The molecule has 0 radical (unpaired) electrons. The molecule has 1 spiro atoms. The third kappa shape index (κ3) is 3.88. The topological polar surface area (TPSA) is 76.6 Å². The number of pyridine rings is 3. The van der Waals surface area contributed by atoms with Gasteiger partial charge < -0.3 is 9.30 Å².